The molecule has 116 valence electrons. The number of benzene rings is 1. The molecule has 0 saturated carbocycles. The minimum absolute atomic E-state index is 0.121. The fourth-order valence-electron chi connectivity index (χ4n) is 2.46. The summed E-state index contributed by atoms with van der Waals surface area (Å²) in [4.78, 5) is 11.0. The number of carboxylic acid groups (broad SMARTS) is 1. The highest BCUT2D eigenvalue weighted by Crippen LogP contribution is 2.43. The van der Waals surface area contributed by atoms with Crippen molar-refractivity contribution in [1.29, 1.82) is 0 Å². The second-order valence-corrected chi connectivity index (χ2v) is 5.84. The van der Waals surface area contributed by atoms with Crippen molar-refractivity contribution in [3.8, 4) is 11.5 Å². The van der Waals surface area contributed by atoms with Crippen LogP contribution in [0.15, 0.2) is 6.07 Å². The molecule has 0 aliphatic carbocycles. The molecule has 1 heterocycles. The number of aliphatic carboxylic acids is 1. The van der Waals surface area contributed by atoms with E-state index in [1.165, 1.54) is 0 Å². The lowest BCUT2D eigenvalue weighted by molar-refractivity contribution is -0.138. The third kappa shape index (κ3) is 3.41. The average molecular weight is 314 g/mol. The third-order valence-corrected chi connectivity index (χ3v) is 3.79. The van der Waals surface area contributed by atoms with Crippen molar-refractivity contribution >= 4 is 17.6 Å². The summed E-state index contributed by atoms with van der Waals surface area (Å²) in [6.45, 7) is 5.17. The fourth-order valence-corrected chi connectivity index (χ4v) is 2.74. The second-order valence-electron chi connectivity index (χ2n) is 5.43. The zero-order valence-corrected chi connectivity index (χ0v) is 12.9. The van der Waals surface area contributed by atoms with E-state index < -0.39 is 12.0 Å². The Morgan fingerprint density at radius 1 is 1.43 bits per heavy atom. The Bertz CT molecular complexity index is 545. The number of rotatable bonds is 4. The quantitative estimate of drug-likeness (QED) is 0.893. The number of nitrogens with two attached hydrogens (primary N) is 1. The lowest BCUT2D eigenvalue weighted by atomic mass is 9.91. The number of hydrogen-bond acceptors (Lipinski definition) is 4. The summed E-state index contributed by atoms with van der Waals surface area (Å²) in [5.41, 5.74) is 7.28. The van der Waals surface area contributed by atoms with Gasteiger partial charge in [0, 0.05) is 29.5 Å². The molecule has 0 radical (unpaired) electrons. The molecular formula is C15H20ClNO4. The molecule has 3 N–H and O–H groups in total. The summed E-state index contributed by atoms with van der Waals surface area (Å²) in [7, 11) is 0. The first-order valence-corrected chi connectivity index (χ1v) is 7.38. The van der Waals surface area contributed by atoms with Crippen LogP contribution in [-0.4, -0.2) is 30.3 Å². The zero-order valence-electron chi connectivity index (χ0n) is 12.2. The van der Waals surface area contributed by atoms with Gasteiger partial charge in [0.25, 0.3) is 0 Å². The van der Waals surface area contributed by atoms with Crippen LogP contribution in [0.2, 0.25) is 5.02 Å². The summed E-state index contributed by atoms with van der Waals surface area (Å²) < 4.78 is 11.5. The predicted molar refractivity (Wildman–Crippen MR) is 80.5 cm³/mol. The molecule has 0 fully saturated rings. The van der Waals surface area contributed by atoms with Gasteiger partial charge in [-0.2, -0.15) is 0 Å². The molecule has 0 aromatic heterocycles. The third-order valence-electron chi connectivity index (χ3n) is 3.45. The van der Waals surface area contributed by atoms with E-state index in [4.69, 9.17) is 31.9 Å². The van der Waals surface area contributed by atoms with Crippen LogP contribution in [0, 0.1) is 0 Å². The Balaban J connectivity index is 2.53. The van der Waals surface area contributed by atoms with E-state index in [0.29, 0.717) is 29.7 Å². The number of fused-ring (bicyclic) bond motifs is 1. The van der Waals surface area contributed by atoms with Gasteiger partial charge in [0.05, 0.1) is 13.2 Å². The number of carboxylic acids is 1. The highest BCUT2D eigenvalue weighted by molar-refractivity contribution is 6.31. The van der Waals surface area contributed by atoms with Crippen LogP contribution < -0.4 is 15.2 Å². The van der Waals surface area contributed by atoms with E-state index in [2.05, 4.69) is 0 Å². The van der Waals surface area contributed by atoms with Crippen molar-refractivity contribution in [3.05, 3.63) is 22.2 Å². The summed E-state index contributed by atoms with van der Waals surface area (Å²) in [5, 5.41) is 9.50. The van der Waals surface area contributed by atoms with Crippen molar-refractivity contribution in [2.45, 2.75) is 38.6 Å². The fraction of sp³-hybridized carbons (Fsp3) is 0.533. The van der Waals surface area contributed by atoms with Crippen molar-refractivity contribution in [2.75, 3.05) is 13.2 Å². The normalized spacial score (nSPS) is 15.7. The molecule has 21 heavy (non-hydrogen) atoms. The number of halogens is 1. The summed E-state index contributed by atoms with van der Waals surface area (Å²) in [5.74, 6) is 0.358. The van der Waals surface area contributed by atoms with Gasteiger partial charge >= 0.3 is 5.97 Å². The Morgan fingerprint density at radius 2 is 2.10 bits per heavy atom. The molecule has 0 bridgehead atoms. The molecular weight excluding hydrogens is 294 g/mol. The predicted octanol–water partition coefficient (Wildman–Crippen LogP) is 2.58. The molecule has 1 aromatic carbocycles. The van der Waals surface area contributed by atoms with Crippen molar-refractivity contribution in [3.63, 3.8) is 0 Å². The summed E-state index contributed by atoms with van der Waals surface area (Å²) in [6, 6.07) is 0.697. The molecule has 5 nitrogen and oxygen atoms in total. The Kier molecular flexibility index (Phi) is 4.96. The zero-order chi connectivity index (χ0) is 15.6. The monoisotopic (exact) mass is 313 g/mol. The van der Waals surface area contributed by atoms with Gasteiger partial charge in [-0.05, 0) is 11.5 Å². The number of hydrogen-bond donors (Lipinski definition) is 2. The molecule has 2 rings (SSSR count). The van der Waals surface area contributed by atoms with E-state index >= 15 is 0 Å². The van der Waals surface area contributed by atoms with Crippen LogP contribution in [0.3, 0.4) is 0 Å². The van der Waals surface area contributed by atoms with Gasteiger partial charge in [-0.25, -0.2) is 0 Å². The minimum Gasteiger partial charge on any atom is -0.489 e. The van der Waals surface area contributed by atoms with Crippen LogP contribution >= 0.6 is 11.6 Å². The van der Waals surface area contributed by atoms with Gasteiger partial charge in [0.2, 0.25) is 0 Å². The van der Waals surface area contributed by atoms with Crippen LogP contribution in [-0.2, 0) is 11.2 Å². The van der Waals surface area contributed by atoms with Crippen molar-refractivity contribution in [1.82, 2.24) is 0 Å². The van der Waals surface area contributed by atoms with Crippen LogP contribution in [0.25, 0.3) is 0 Å². The topological polar surface area (TPSA) is 81.8 Å². The van der Waals surface area contributed by atoms with Crippen LogP contribution in [0.1, 0.15) is 37.3 Å². The van der Waals surface area contributed by atoms with Gasteiger partial charge in [0.1, 0.15) is 6.04 Å². The molecule has 1 aromatic rings. The molecule has 1 aliphatic heterocycles. The van der Waals surface area contributed by atoms with Gasteiger partial charge in [-0.3, -0.25) is 4.79 Å². The Hall–Kier alpha value is -1.46. The second kappa shape index (κ2) is 6.54. The lowest BCUT2D eigenvalue weighted by Gasteiger charge is -2.21. The van der Waals surface area contributed by atoms with E-state index in [9.17, 15) is 4.79 Å². The van der Waals surface area contributed by atoms with Crippen LogP contribution in [0.4, 0.5) is 0 Å². The first kappa shape index (κ1) is 15.9. The highest BCUT2D eigenvalue weighted by Gasteiger charge is 2.25. The Morgan fingerprint density at radius 3 is 2.71 bits per heavy atom. The molecule has 0 saturated heterocycles. The Labute approximate surface area is 129 Å². The standard InChI is InChI=1S/C15H20ClNO4/c1-8(2)13-9(6-11(17)15(18)19)10(16)7-12-14(13)21-5-3-4-20-12/h7-8,11H,3-6,17H2,1-2H3,(H,18,19). The van der Waals surface area contributed by atoms with E-state index in [-0.39, 0.29) is 12.3 Å². The van der Waals surface area contributed by atoms with E-state index in [1.54, 1.807) is 6.07 Å². The summed E-state index contributed by atoms with van der Waals surface area (Å²) in [6.07, 6.45) is 0.964. The molecule has 0 spiro atoms. The maximum absolute atomic E-state index is 11.0. The average Bonchev–Trinajstić information content (AvgIpc) is 2.63. The molecule has 0 amide bonds. The minimum atomic E-state index is -1.05. The van der Waals surface area contributed by atoms with Crippen molar-refractivity contribution < 1.29 is 19.4 Å². The summed E-state index contributed by atoms with van der Waals surface area (Å²) >= 11 is 6.33. The van der Waals surface area contributed by atoms with E-state index in [0.717, 1.165) is 17.5 Å². The van der Waals surface area contributed by atoms with Crippen LogP contribution in [0.5, 0.6) is 11.5 Å². The maximum atomic E-state index is 11.0. The molecule has 6 heteroatoms. The first-order chi connectivity index (χ1) is 9.91. The van der Waals surface area contributed by atoms with Gasteiger partial charge < -0.3 is 20.3 Å². The SMILES string of the molecule is CC(C)c1c(CC(N)C(=O)O)c(Cl)cc2c1OCCCO2. The number of carbonyl (C=O) groups is 1. The first-order valence-electron chi connectivity index (χ1n) is 7.01. The molecule has 1 aliphatic rings. The van der Waals surface area contributed by atoms with E-state index in [1.807, 2.05) is 13.8 Å². The number of ether oxygens (including phenoxy) is 2. The van der Waals surface area contributed by atoms with Crippen molar-refractivity contribution in [2.24, 2.45) is 5.73 Å². The maximum Gasteiger partial charge on any atom is 0.320 e. The molecule has 1 atom stereocenters. The molecule has 1 unspecified atom stereocenters. The van der Waals surface area contributed by atoms with Gasteiger partial charge in [0.15, 0.2) is 11.5 Å². The smallest absolute Gasteiger partial charge is 0.320 e. The van der Waals surface area contributed by atoms with Gasteiger partial charge in [-0.15, -0.1) is 0 Å². The highest BCUT2D eigenvalue weighted by atomic mass is 35.5. The lowest BCUT2D eigenvalue weighted by Crippen LogP contribution is -2.32. The largest absolute Gasteiger partial charge is 0.489 e. The van der Waals surface area contributed by atoms with Gasteiger partial charge in [-0.1, -0.05) is 25.4 Å².